The van der Waals surface area contributed by atoms with Crippen LogP contribution in [0.2, 0.25) is 0 Å². The number of rotatable bonds is 7. The van der Waals surface area contributed by atoms with Crippen LogP contribution in [0.5, 0.6) is 11.5 Å². The molecule has 0 bridgehead atoms. The molecule has 0 saturated heterocycles. The van der Waals surface area contributed by atoms with E-state index < -0.39 is 0 Å². The van der Waals surface area contributed by atoms with E-state index in [2.05, 4.69) is 35.6 Å². The Labute approximate surface area is 136 Å². The first-order valence-electron chi connectivity index (χ1n) is 7.80. The zero-order valence-electron chi connectivity index (χ0n) is 13.3. The highest BCUT2D eigenvalue weighted by molar-refractivity contribution is 5.83. The molecule has 0 aliphatic rings. The number of hydrogen-bond acceptors (Lipinski definition) is 3. The molecule has 0 aromatic heterocycles. The van der Waals surface area contributed by atoms with E-state index in [-0.39, 0.29) is 0 Å². The van der Waals surface area contributed by atoms with E-state index in [4.69, 9.17) is 9.47 Å². The molecule has 0 heterocycles. The molecule has 0 unspecified atom stereocenters. The normalized spacial score (nSPS) is 10.7. The van der Waals surface area contributed by atoms with E-state index >= 15 is 0 Å². The molecule has 3 heteroatoms. The van der Waals surface area contributed by atoms with Gasteiger partial charge in [-0.2, -0.15) is 0 Å². The molecular formula is C20H21NO2. The summed E-state index contributed by atoms with van der Waals surface area (Å²) in [5.41, 5.74) is 1.20. The minimum atomic E-state index is 0.641. The molecule has 0 saturated carbocycles. The van der Waals surface area contributed by atoms with E-state index in [1.54, 1.807) is 7.11 Å². The van der Waals surface area contributed by atoms with Gasteiger partial charge in [0.15, 0.2) is 0 Å². The zero-order chi connectivity index (χ0) is 15.9. The summed E-state index contributed by atoms with van der Waals surface area (Å²) in [6, 6.07) is 22.6. The van der Waals surface area contributed by atoms with Crippen molar-refractivity contribution in [2.75, 3.05) is 20.3 Å². The van der Waals surface area contributed by atoms with E-state index in [9.17, 15) is 0 Å². The van der Waals surface area contributed by atoms with Gasteiger partial charge < -0.3 is 14.8 Å². The molecule has 0 aliphatic heterocycles. The fraction of sp³-hybridized carbons (Fsp3) is 0.200. The summed E-state index contributed by atoms with van der Waals surface area (Å²) in [5.74, 6) is 1.79. The molecule has 0 aliphatic carbocycles. The fourth-order valence-electron chi connectivity index (χ4n) is 2.51. The summed E-state index contributed by atoms with van der Waals surface area (Å²) in [5, 5.41) is 5.82. The van der Waals surface area contributed by atoms with Gasteiger partial charge in [0.25, 0.3) is 0 Å². The first kappa shape index (κ1) is 15.4. The van der Waals surface area contributed by atoms with Crippen molar-refractivity contribution in [3.05, 3.63) is 72.3 Å². The molecule has 1 N–H and O–H groups in total. The minimum absolute atomic E-state index is 0.641. The molecule has 3 rings (SSSR count). The Hall–Kier alpha value is -2.52. The van der Waals surface area contributed by atoms with Crippen LogP contribution in [-0.2, 0) is 6.54 Å². The summed E-state index contributed by atoms with van der Waals surface area (Å²) in [4.78, 5) is 0. The second kappa shape index (κ2) is 7.65. The third kappa shape index (κ3) is 4.24. The van der Waals surface area contributed by atoms with Crippen LogP contribution in [0.4, 0.5) is 0 Å². The van der Waals surface area contributed by atoms with Crippen LogP contribution in [0.15, 0.2) is 66.7 Å². The van der Waals surface area contributed by atoms with Crippen LogP contribution in [0.25, 0.3) is 10.8 Å². The van der Waals surface area contributed by atoms with Gasteiger partial charge in [0.1, 0.15) is 18.1 Å². The predicted molar refractivity (Wildman–Crippen MR) is 94.1 cm³/mol. The largest absolute Gasteiger partial charge is 0.497 e. The topological polar surface area (TPSA) is 30.5 Å². The van der Waals surface area contributed by atoms with Crippen LogP contribution in [0, 0.1) is 0 Å². The van der Waals surface area contributed by atoms with Crippen LogP contribution < -0.4 is 14.8 Å². The van der Waals surface area contributed by atoms with Crippen LogP contribution in [0.1, 0.15) is 5.56 Å². The minimum Gasteiger partial charge on any atom is -0.497 e. The van der Waals surface area contributed by atoms with Crippen molar-refractivity contribution in [1.29, 1.82) is 0 Å². The molecule has 3 aromatic rings. The molecule has 118 valence electrons. The first-order chi connectivity index (χ1) is 11.3. The van der Waals surface area contributed by atoms with Gasteiger partial charge in [0.05, 0.1) is 7.11 Å². The Kier molecular flexibility index (Phi) is 5.12. The van der Waals surface area contributed by atoms with Crippen LogP contribution >= 0.6 is 0 Å². The summed E-state index contributed by atoms with van der Waals surface area (Å²) in [7, 11) is 1.68. The average molecular weight is 307 g/mol. The van der Waals surface area contributed by atoms with E-state index in [1.165, 1.54) is 16.3 Å². The van der Waals surface area contributed by atoms with Gasteiger partial charge in [-0.15, -0.1) is 0 Å². The van der Waals surface area contributed by atoms with Crippen LogP contribution in [-0.4, -0.2) is 20.3 Å². The van der Waals surface area contributed by atoms with Crippen LogP contribution in [0.3, 0.4) is 0 Å². The molecule has 3 aromatic carbocycles. The van der Waals surface area contributed by atoms with Gasteiger partial charge in [0.2, 0.25) is 0 Å². The second-order valence-corrected chi connectivity index (χ2v) is 5.39. The quantitative estimate of drug-likeness (QED) is 0.669. The van der Waals surface area contributed by atoms with Gasteiger partial charge in [0, 0.05) is 13.1 Å². The third-order valence-electron chi connectivity index (χ3n) is 3.73. The van der Waals surface area contributed by atoms with Crippen molar-refractivity contribution in [3.8, 4) is 11.5 Å². The summed E-state index contributed by atoms with van der Waals surface area (Å²) < 4.78 is 11.0. The lowest BCUT2D eigenvalue weighted by atomic mass is 10.1. The maximum atomic E-state index is 5.81. The lowest BCUT2D eigenvalue weighted by Crippen LogP contribution is -2.20. The summed E-state index contributed by atoms with van der Waals surface area (Å²) in [6.45, 7) is 2.24. The van der Waals surface area contributed by atoms with Crippen molar-refractivity contribution in [1.82, 2.24) is 5.32 Å². The average Bonchev–Trinajstić information content (AvgIpc) is 2.61. The van der Waals surface area contributed by atoms with Crippen molar-refractivity contribution in [2.45, 2.75) is 6.54 Å². The number of fused-ring (bicyclic) bond motifs is 1. The molecule has 0 atom stereocenters. The van der Waals surface area contributed by atoms with Gasteiger partial charge in [-0.1, -0.05) is 42.5 Å². The highest BCUT2D eigenvalue weighted by Gasteiger charge is 1.98. The molecule has 23 heavy (non-hydrogen) atoms. The van der Waals surface area contributed by atoms with Crippen molar-refractivity contribution < 1.29 is 9.47 Å². The SMILES string of the molecule is COc1cccc(CNCCOc2ccc3ccccc3c2)c1. The molecular weight excluding hydrogens is 286 g/mol. The Bertz CT molecular complexity index is 770. The number of hydrogen-bond donors (Lipinski definition) is 1. The number of ether oxygens (including phenoxy) is 2. The molecule has 0 amide bonds. The summed E-state index contributed by atoms with van der Waals surface area (Å²) >= 11 is 0. The predicted octanol–water partition coefficient (Wildman–Crippen LogP) is 4.02. The van der Waals surface area contributed by atoms with E-state index in [1.807, 2.05) is 36.4 Å². The summed E-state index contributed by atoms with van der Waals surface area (Å²) in [6.07, 6.45) is 0. The maximum Gasteiger partial charge on any atom is 0.120 e. The van der Waals surface area contributed by atoms with Gasteiger partial charge in [-0.3, -0.25) is 0 Å². The number of nitrogens with one attached hydrogen (secondary N) is 1. The highest BCUT2D eigenvalue weighted by Crippen LogP contribution is 2.20. The van der Waals surface area contributed by atoms with E-state index in [0.29, 0.717) is 6.61 Å². The van der Waals surface area contributed by atoms with Gasteiger partial charge in [-0.25, -0.2) is 0 Å². The number of methoxy groups -OCH3 is 1. The first-order valence-corrected chi connectivity index (χ1v) is 7.80. The van der Waals surface area contributed by atoms with Gasteiger partial charge >= 0.3 is 0 Å². The fourth-order valence-corrected chi connectivity index (χ4v) is 2.51. The Morgan fingerprint density at radius 1 is 0.826 bits per heavy atom. The van der Waals surface area contributed by atoms with Crippen molar-refractivity contribution in [2.24, 2.45) is 0 Å². The maximum absolute atomic E-state index is 5.81. The lowest BCUT2D eigenvalue weighted by molar-refractivity contribution is 0.314. The number of benzene rings is 3. The standard InChI is InChI=1S/C20H21NO2/c1-22-19-8-4-5-16(13-19)15-21-11-12-23-20-10-9-17-6-2-3-7-18(17)14-20/h2-10,13-14,21H,11-12,15H2,1H3. The lowest BCUT2D eigenvalue weighted by Gasteiger charge is -2.09. The van der Waals surface area contributed by atoms with E-state index in [0.717, 1.165) is 24.6 Å². The van der Waals surface area contributed by atoms with Crippen molar-refractivity contribution >= 4 is 10.8 Å². The second-order valence-electron chi connectivity index (χ2n) is 5.39. The smallest absolute Gasteiger partial charge is 0.120 e. The molecule has 3 nitrogen and oxygen atoms in total. The Morgan fingerprint density at radius 3 is 2.57 bits per heavy atom. The van der Waals surface area contributed by atoms with Crippen molar-refractivity contribution in [3.63, 3.8) is 0 Å². The van der Waals surface area contributed by atoms with Gasteiger partial charge in [-0.05, 0) is 40.6 Å². The Balaban J connectivity index is 1.45. The third-order valence-corrected chi connectivity index (χ3v) is 3.73. The monoisotopic (exact) mass is 307 g/mol. The molecule has 0 radical (unpaired) electrons. The molecule has 0 spiro atoms. The highest BCUT2D eigenvalue weighted by atomic mass is 16.5. The zero-order valence-corrected chi connectivity index (χ0v) is 13.3. The molecule has 0 fully saturated rings. The Morgan fingerprint density at radius 2 is 1.70 bits per heavy atom.